The van der Waals surface area contributed by atoms with Gasteiger partial charge in [0.15, 0.2) is 0 Å². The van der Waals surface area contributed by atoms with Crippen LogP contribution in [0.4, 0.5) is 5.69 Å². The third kappa shape index (κ3) is 5.49. The molecule has 1 aromatic carbocycles. The van der Waals surface area contributed by atoms with Crippen LogP contribution in [0.1, 0.15) is 5.76 Å². The van der Waals surface area contributed by atoms with Gasteiger partial charge in [-0.2, -0.15) is 0 Å². The summed E-state index contributed by atoms with van der Waals surface area (Å²) in [6, 6.07) is 10.4. The van der Waals surface area contributed by atoms with Crippen molar-refractivity contribution in [3.05, 3.63) is 48.4 Å². The minimum absolute atomic E-state index is 0.0833. The molecule has 0 radical (unpaired) electrons. The molecule has 0 spiro atoms. The number of benzene rings is 1. The Labute approximate surface area is 124 Å². The predicted octanol–water partition coefficient (Wildman–Crippen LogP) is 1.40. The van der Waals surface area contributed by atoms with Crippen molar-refractivity contribution in [3.8, 4) is 5.75 Å². The van der Waals surface area contributed by atoms with Gasteiger partial charge in [-0.15, -0.1) is 0 Å². The topological polar surface area (TPSA) is 94.6 Å². The summed E-state index contributed by atoms with van der Waals surface area (Å²) in [6.07, 6.45) is 2.08. The van der Waals surface area contributed by atoms with Crippen molar-refractivity contribution in [1.82, 2.24) is 4.72 Å². The van der Waals surface area contributed by atoms with Crippen LogP contribution in [0, 0.1) is 0 Å². The van der Waals surface area contributed by atoms with E-state index in [1.807, 2.05) is 0 Å². The van der Waals surface area contributed by atoms with Crippen LogP contribution < -0.4 is 15.2 Å². The maximum absolute atomic E-state index is 11.8. The number of furan rings is 1. The fourth-order valence-corrected chi connectivity index (χ4v) is 2.55. The lowest BCUT2D eigenvalue weighted by Gasteiger charge is -2.08. The van der Waals surface area contributed by atoms with Crippen LogP contribution in [-0.2, 0) is 16.4 Å². The number of rotatable bonds is 8. The molecule has 2 aromatic rings. The summed E-state index contributed by atoms with van der Waals surface area (Å²) in [5, 5.41) is 0. The summed E-state index contributed by atoms with van der Waals surface area (Å²) in [6.45, 7) is 0.387. The van der Waals surface area contributed by atoms with Crippen LogP contribution in [0.15, 0.2) is 47.1 Å². The molecule has 0 unspecified atom stereocenters. The van der Waals surface area contributed by atoms with Crippen molar-refractivity contribution < 1.29 is 17.6 Å². The number of nitrogens with two attached hydrogens (primary N) is 1. The Balaban J connectivity index is 1.69. The highest BCUT2D eigenvalue weighted by atomic mass is 32.2. The van der Waals surface area contributed by atoms with Gasteiger partial charge in [-0.3, -0.25) is 0 Å². The number of anilines is 1. The molecule has 0 saturated heterocycles. The van der Waals surface area contributed by atoms with Crippen molar-refractivity contribution in [2.45, 2.75) is 6.42 Å². The first-order valence-electron chi connectivity index (χ1n) is 6.53. The van der Waals surface area contributed by atoms with E-state index >= 15 is 0 Å². The molecule has 0 amide bonds. The molecule has 0 atom stereocenters. The van der Waals surface area contributed by atoms with Crippen molar-refractivity contribution in [1.29, 1.82) is 0 Å². The molecular formula is C14H18N2O4S. The van der Waals surface area contributed by atoms with Crippen molar-refractivity contribution >= 4 is 15.7 Å². The fourth-order valence-electron chi connectivity index (χ4n) is 1.69. The first-order chi connectivity index (χ1) is 10.1. The van der Waals surface area contributed by atoms with Gasteiger partial charge < -0.3 is 14.9 Å². The van der Waals surface area contributed by atoms with Gasteiger partial charge in [-0.1, -0.05) is 0 Å². The third-order valence-electron chi connectivity index (χ3n) is 2.77. The van der Waals surface area contributed by atoms with E-state index in [-0.39, 0.29) is 12.4 Å². The van der Waals surface area contributed by atoms with Crippen molar-refractivity contribution in [2.75, 3.05) is 24.6 Å². The Kier molecular flexibility index (Phi) is 5.24. The maximum Gasteiger partial charge on any atom is 0.214 e. The van der Waals surface area contributed by atoms with Gasteiger partial charge in [0, 0.05) is 18.7 Å². The number of sulfonamides is 1. The second kappa shape index (κ2) is 7.14. The summed E-state index contributed by atoms with van der Waals surface area (Å²) in [4.78, 5) is 0. The Hall–Kier alpha value is -1.99. The summed E-state index contributed by atoms with van der Waals surface area (Å²) in [7, 11) is -3.35. The summed E-state index contributed by atoms with van der Waals surface area (Å²) >= 11 is 0. The highest BCUT2D eigenvalue weighted by molar-refractivity contribution is 7.89. The maximum atomic E-state index is 11.8. The van der Waals surface area contributed by atoms with E-state index < -0.39 is 10.0 Å². The molecule has 3 N–H and O–H groups in total. The zero-order valence-corrected chi connectivity index (χ0v) is 12.3. The average molecular weight is 310 g/mol. The smallest absolute Gasteiger partial charge is 0.214 e. The van der Waals surface area contributed by atoms with Crippen LogP contribution in [0.25, 0.3) is 0 Å². The number of ether oxygens (including phenoxy) is 1. The first kappa shape index (κ1) is 15.4. The van der Waals surface area contributed by atoms with E-state index in [4.69, 9.17) is 14.9 Å². The van der Waals surface area contributed by atoms with E-state index in [2.05, 4.69) is 4.72 Å². The minimum atomic E-state index is -3.35. The molecular weight excluding hydrogens is 292 g/mol. The second-order valence-electron chi connectivity index (χ2n) is 4.46. The molecule has 1 heterocycles. The van der Waals surface area contributed by atoms with Crippen molar-refractivity contribution in [2.24, 2.45) is 0 Å². The predicted molar refractivity (Wildman–Crippen MR) is 80.6 cm³/mol. The minimum Gasteiger partial charge on any atom is -0.492 e. The van der Waals surface area contributed by atoms with Crippen LogP contribution in [0.5, 0.6) is 5.75 Å². The van der Waals surface area contributed by atoms with E-state index in [1.165, 1.54) is 0 Å². The van der Waals surface area contributed by atoms with Crippen LogP contribution >= 0.6 is 0 Å². The van der Waals surface area contributed by atoms with Gasteiger partial charge in [0.05, 0.1) is 12.0 Å². The van der Waals surface area contributed by atoms with Gasteiger partial charge in [0.1, 0.15) is 18.1 Å². The van der Waals surface area contributed by atoms with Crippen molar-refractivity contribution in [3.63, 3.8) is 0 Å². The van der Waals surface area contributed by atoms with Gasteiger partial charge in [-0.25, -0.2) is 13.1 Å². The Morgan fingerprint density at radius 3 is 2.62 bits per heavy atom. The number of nitrogens with one attached hydrogen (secondary N) is 1. The lowest BCUT2D eigenvalue weighted by Crippen LogP contribution is -2.30. The normalized spacial score (nSPS) is 11.4. The average Bonchev–Trinajstić information content (AvgIpc) is 2.94. The molecule has 0 bridgehead atoms. The Bertz CT molecular complexity index is 636. The molecule has 114 valence electrons. The number of hydrogen-bond donors (Lipinski definition) is 2. The largest absolute Gasteiger partial charge is 0.492 e. The summed E-state index contributed by atoms with van der Waals surface area (Å²) < 4.78 is 36.5. The first-order valence-corrected chi connectivity index (χ1v) is 8.18. The Morgan fingerprint density at radius 1 is 1.19 bits per heavy atom. The molecule has 0 fully saturated rings. The van der Waals surface area contributed by atoms with Crippen LogP contribution in [0.3, 0.4) is 0 Å². The number of hydrogen-bond acceptors (Lipinski definition) is 5. The van der Waals surface area contributed by atoms with Crippen LogP contribution in [0.2, 0.25) is 0 Å². The van der Waals surface area contributed by atoms with E-state index in [1.54, 1.807) is 42.7 Å². The van der Waals surface area contributed by atoms with E-state index in [0.29, 0.717) is 24.4 Å². The Morgan fingerprint density at radius 2 is 1.95 bits per heavy atom. The van der Waals surface area contributed by atoms with Crippen LogP contribution in [-0.4, -0.2) is 27.3 Å². The fraction of sp³-hybridized carbons (Fsp3) is 0.286. The molecule has 1 aromatic heterocycles. The summed E-state index contributed by atoms with van der Waals surface area (Å²) in [5.74, 6) is 1.24. The zero-order chi connectivity index (χ0) is 15.1. The van der Waals surface area contributed by atoms with E-state index in [0.717, 1.165) is 5.76 Å². The van der Waals surface area contributed by atoms with E-state index in [9.17, 15) is 8.42 Å². The molecule has 0 aliphatic heterocycles. The third-order valence-corrected chi connectivity index (χ3v) is 4.12. The highest BCUT2D eigenvalue weighted by Crippen LogP contribution is 2.12. The number of nitrogen functional groups attached to an aromatic ring is 1. The molecule has 0 aliphatic rings. The standard InChI is InChI=1S/C14H18N2O4S/c15-12-3-5-14(6-4-12)20-10-11-21(17,18)16-8-7-13-2-1-9-19-13/h1-6,9,16H,7-8,10-11,15H2. The molecule has 6 nitrogen and oxygen atoms in total. The van der Waals surface area contributed by atoms with Gasteiger partial charge in [0.2, 0.25) is 10.0 Å². The molecule has 2 rings (SSSR count). The lowest BCUT2D eigenvalue weighted by molar-refractivity contribution is 0.340. The second-order valence-corrected chi connectivity index (χ2v) is 6.39. The molecule has 0 saturated carbocycles. The quantitative estimate of drug-likeness (QED) is 0.719. The van der Waals surface area contributed by atoms with Gasteiger partial charge >= 0.3 is 0 Å². The zero-order valence-electron chi connectivity index (χ0n) is 11.5. The summed E-state index contributed by atoms with van der Waals surface area (Å²) in [5.41, 5.74) is 6.18. The highest BCUT2D eigenvalue weighted by Gasteiger charge is 2.10. The lowest BCUT2D eigenvalue weighted by atomic mass is 10.3. The van der Waals surface area contributed by atoms with Gasteiger partial charge in [-0.05, 0) is 36.4 Å². The monoisotopic (exact) mass is 310 g/mol. The molecule has 7 heteroatoms. The molecule has 21 heavy (non-hydrogen) atoms. The SMILES string of the molecule is Nc1ccc(OCCS(=O)(=O)NCCc2ccco2)cc1. The molecule has 0 aliphatic carbocycles. The van der Waals surface area contributed by atoms with Gasteiger partial charge in [0.25, 0.3) is 0 Å².